The van der Waals surface area contributed by atoms with Crippen molar-refractivity contribution in [2.24, 2.45) is 10.7 Å². The Morgan fingerprint density at radius 2 is 2.21 bits per heavy atom. The minimum atomic E-state index is -0.742. The van der Waals surface area contributed by atoms with Gasteiger partial charge in [0.25, 0.3) is 0 Å². The maximum atomic E-state index is 11.6. The summed E-state index contributed by atoms with van der Waals surface area (Å²) >= 11 is 0. The molecule has 1 aromatic rings. The fourth-order valence-corrected chi connectivity index (χ4v) is 2.88. The molecule has 0 fully saturated rings. The topological polar surface area (TPSA) is 88.1 Å². The van der Waals surface area contributed by atoms with Gasteiger partial charge in [0, 0.05) is 13.6 Å². The molecule has 24 heavy (non-hydrogen) atoms. The van der Waals surface area contributed by atoms with Crippen LogP contribution in [0.5, 0.6) is 0 Å². The highest BCUT2D eigenvalue weighted by Gasteiger charge is 2.35. The van der Waals surface area contributed by atoms with Gasteiger partial charge in [0.05, 0.1) is 30.4 Å². The first kappa shape index (κ1) is 18.4. The Bertz CT molecular complexity index is 628. The quantitative estimate of drug-likeness (QED) is 0.611. The smallest absolute Gasteiger partial charge is 0.227 e. The Hall–Kier alpha value is -1.92. The van der Waals surface area contributed by atoms with Crippen LogP contribution in [0.4, 0.5) is 5.69 Å². The lowest BCUT2D eigenvalue weighted by Gasteiger charge is -2.19. The van der Waals surface area contributed by atoms with E-state index < -0.39 is 17.9 Å². The summed E-state index contributed by atoms with van der Waals surface area (Å²) in [6.45, 7) is 7.34. The number of carbonyl (C=O) groups is 1. The largest absolute Gasteiger partial charge is 0.392 e. The lowest BCUT2D eigenvalue weighted by atomic mass is 9.99. The number of rotatable bonds is 6. The Morgan fingerprint density at radius 3 is 2.83 bits per heavy atom. The van der Waals surface area contributed by atoms with E-state index >= 15 is 0 Å². The molecule has 1 aliphatic rings. The van der Waals surface area contributed by atoms with Crippen LogP contribution in [0, 0.1) is 0 Å². The molecule has 3 N–H and O–H groups in total. The van der Waals surface area contributed by atoms with Crippen LogP contribution in [-0.4, -0.2) is 54.2 Å². The van der Waals surface area contributed by atoms with Crippen molar-refractivity contribution < 1.29 is 14.6 Å². The van der Waals surface area contributed by atoms with E-state index in [2.05, 4.69) is 4.99 Å². The summed E-state index contributed by atoms with van der Waals surface area (Å²) in [6.07, 6.45) is -0.0727. The number of hydrogen-bond acceptors (Lipinski definition) is 4. The van der Waals surface area contributed by atoms with Crippen molar-refractivity contribution in [3.8, 4) is 0 Å². The number of aliphatic hydroxyl groups excluding tert-OH is 1. The summed E-state index contributed by atoms with van der Waals surface area (Å²) in [5.41, 5.74) is 7.92. The van der Waals surface area contributed by atoms with Gasteiger partial charge in [0.2, 0.25) is 5.91 Å². The highest BCUT2D eigenvalue weighted by molar-refractivity contribution is 5.85. The molecule has 0 radical (unpaired) electrons. The summed E-state index contributed by atoms with van der Waals surface area (Å²) in [5.74, 6) is -0.286. The van der Waals surface area contributed by atoms with E-state index in [0.717, 1.165) is 29.2 Å². The molecule has 2 unspecified atom stereocenters. The average molecular weight is 333 g/mol. The molecule has 132 valence electrons. The number of amides is 1. The lowest BCUT2D eigenvalue weighted by molar-refractivity contribution is -0.121. The molecule has 0 saturated carbocycles. The van der Waals surface area contributed by atoms with Gasteiger partial charge in [-0.3, -0.25) is 4.79 Å². The van der Waals surface area contributed by atoms with E-state index in [4.69, 9.17) is 10.5 Å². The molecule has 2 rings (SSSR count). The number of nitrogens with zero attached hydrogens (tertiary/aromatic N) is 2. The van der Waals surface area contributed by atoms with E-state index in [-0.39, 0.29) is 6.10 Å². The molecule has 0 bridgehead atoms. The van der Waals surface area contributed by atoms with Crippen molar-refractivity contribution in [2.45, 2.75) is 45.3 Å². The Kier molecular flexibility index (Phi) is 5.96. The van der Waals surface area contributed by atoms with Crippen molar-refractivity contribution in [1.29, 1.82) is 0 Å². The van der Waals surface area contributed by atoms with Gasteiger partial charge in [-0.1, -0.05) is 6.07 Å². The summed E-state index contributed by atoms with van der Waals surface area (Å²) < 4.78 is 5.55. The Morgan fingerprint density at radius 1 is 1.50 bits per heavy atom. The predicted octanol–water partition coefficient (Wildman–Crippen LogP) is 1.58. The zero-order valence-electron chi connectivity index (χ0n) is 14.8. The number of aliphatic hydroxyl groups is 1. The predicted molar refractivity (Wildman–Crippen MR) is 94.6 cm³/mol. The van der Waals surface area contributed by atoms with Gasteiger partial charge in [0.1, 0.15) is 5.84 Å². The summed E-state index contributed by atoms with van der Waals surface area (Å²) in [4.78, 5) is 18.2. The number of ether oxygens (including phenoxy) is 1. The van der Waals surface area contributed by atoms with Gasteiger partial charge < -0.3 is 20.5 Å². The highest BCUT2D eigenvalue weighted by Crippen LogP contribution is 2.35. The van der Waals surface area contributed by atoms with Gasteiger partial charge in [-0.25, -0.2) is 4.99 Å². The molecular formula is C18H27N3O3. The number of primary amides is 1. The number of benzene rings is 1. The van der Waals surface area contributed by atoms with Crippen LogP contribution in [0.3, 0.4) is 0 Å². The highest BCUT2D eigenvalue weighted by atomic mass is 16.5. The standard InChI is InChI=1S/C18H27N3O3/c1-11(2)24-8-7-21(4)12(3)20-14-6-5-13-9-16(22)17(18(19)23)15(13)10-14/h5-6,10-11,16-17,22H,7-9H2,1-4H3,(H2,19,23). The fraction of sp³-hybridized carbons (Fsp3) is 0.556. The van der Waals surface area contributed by atoms with Crippen molar-refractivity contribution in [2.75, 3.05) is 20.2 Å². The normalized spacial score (nSPS) is 20.3. The maximum Gasteiger partial charge on any atom is 0.227 e. The molecular weight excluding hydrogens is 306 g/mol. The molecule has 1 aromatic carbocycles. The van der Waals surface area contributed by atoms with Gasteiger partial charge in [-0.15, -0.1) is 0 Å². The van der Waals surface area contributed by atoms with E-state index in [0.29, 0.717) is 13.0 Å². The van der Waals surface area contributed by atoms with E-state index in [1.165, 1.54) is 0 Å². The van der Waals surface area contributed by atoms with Crippen LogP contribution in [0.1, 0.15) is 37.8 Å². The molecule has 1 amide bonds. The first-order chi connectivity index (χ1) is 11.3. The zero-order chi connectivity index (χ0) is 17.9. The number of amidine groups is 1. The summed E-state index contributed by atoms with van der Waals surface area (Å²) in [5, 5.41) is 10.0. The molecule has 0 aliphatic heterocycles. The lowest BCUT2D eigenvalue weighted by Crippen LogP contribution is -2.29. The maximum absolute atomic E-state index is 11.6. The second-order valence-electron chi connectivity index (χ2n) is 6.53. The monoisotopic (exact) mass is 333 g/mol. The van der Waals surface area contributed by atoms with Crippen molar-refractivity contribution in [1.82, 2.24) is 4.90 Å². The third kappa shape index (κ3) is 4.33. The number of nitrogens with two attached hydrogens (primary N) is 1. The van der Waals surface area contributed by atoms with E-state index in [9.17, 15) is 9.90 Å². The molecule has 0 heterocycles. The number of likely N-dealkylation sites (N-methyl/N-ethyl adjacent to an activating group) is 1. The van der Waals surface area contributed by atoms with Crippen molar-refractivity contribution in [3.63, 3.8) is 0 Å². The number of fused-ring (bicyclic) bond motifs is 1. The van der Waals surface area contributed by atoms with Gasteiger partial charge in [-0.05, 0) is 50.5 Å². The van der Waals surface area contributed by atoms with Gasteiger partial charge in [-0.2, -0.15) is 0 Å². The number of aliphatic imine (C=N–C) groups is 1. The Balaban J connectivity index is 2.12. The van der Waals surface area contributed by atoms with Crippen molar-refractivity contribution in [3.05, 3.63) is 29.3 Å². The van der Waals surface area contributed by atoms with Crippen LogP contribution in [0.15, 0.2) is 23.2 Å². The molecule has 0 aromatic heterocycles. The second kappa shape index (κ2) is 7.77. The van der Waals surface area contributed by atoms with Gasteiger partial charge in [0.15, 0.2) is 0 Å². The third-order valence-electron chi connectivity index (χ3n) is 4.31. The molecule has 6 heteroatoms. The van der Waals surface area contributed by atoms with Crippen LogP contribution in [-0.2, 0) is 16.0 Å². The SMILES string of the molecule is CC(=Nc1ccc2c(c1)C(C(N)=O)C(O)C2)N(C)CCOC(C)C. The molecule has 6 nitrogen and oxygen atoms in total. The molecule has 1 aliphatic carbocycles. The average Bonchev–Trinajstić information content (AvgIpc) is 2.81. The van der Waals surface area contributed by atoms with E-state index in [1.54, 1.807) is 0 Å². The zero-order valence-corrected chi connectivity index (χ0v) is 14.8. The van der Waals surface area contributed by atoms with Gasteiger partial charge >= 0.3 is 0 Å². The first-order valence-electron chi connectivity index (χ1n) is 8.27. The van der Waals surface area contributed by atoms with Crippen LogP contribution in [0.25, 0.3) is 0 Å². The fourth-order valence-electron chi connectivity index (χ4n) is 2.88. The first-order valence-corrected chi connectivity index (χ1v) is 8.27. The van der Waals surface area contributed by atoms with E-state index in [1.807, 2.05) is 50.9 Å². The summed E-state index contributed by atoms with van der Waals surface area (Å²) in [6, 6.07) is 5.66. The van der Waals surface area contributed by atoms with Crippen LogP contribution in [0.2, 0.25) is 0 Å². The van der Waals surface area contributed by atoms with Crippen LogP contribution >= 0.6 is 0 Å². The van der Waals surface area contributed by atoms with Crippen molar-refractivity contribution >= 4 is 17.4 Å². The Labute approximate surface area is 143 Å². The molecule has 2 atom stereocenters. The summed E-state index contributed by atoms with van der Waals surface area (Å²) in [7, 11) is 1.96. The van der Waals surface area contributed by atoms with Crippen LogP contribution < -0.4 is 5.73 Å². The molecule has 0 saturated heterocycles. The minimum Gasteiger partial charge on any atom is -0.392 e. The molecule has 0 spiro atoms. The third-order valence-corrected chi connectivity index (χ3v) is 4.31. The minimum absolute atomic E-state index is 0.213. The number of carbonyl (C=O) groups excluding carboxylic acids is 1. The second-order valence-corrected chi connectivity index (χ2v) is 6.53. The number of hydrogen-bond donors (Lipinski definition) is 2.